The maximum absolute atomic E-state index is 13.3. The Bertz CT molecular complexity index is 1290. The smallest absolute Gasteiger partial charge is 0.253 e. The minimum Gasteiger partial charge on any atom is -0.339 e. The predicted octanol–water partition coefficient (Wildman–Crippen LogP) is 5.82. The third-order valence-electron chi connectivity index (χ3n) is 9.05. The van der Waals surface area contributed by atoms with E-state index in [1.165, 1.54) is 62.8 Å². The number of rotatable bonds is 6. The van der Waals surface area contributed by atoms with Gasteiger partial charge in [-0.1, -0.05) is 12.8 Å². The van der Waals surface area contributed by atoms with Gasteiger partial charge in [0.1, 0.15) is 5.82 Å². The fourth-order valence-electron chi connectivity index (χ4n) is 6.84. The van der Waals surface area contributed by atoms with Gasteiger partial charge in [0.2, 0.25) is 0 Å². The summed E-state index contributed by atoms with van der Waals surface area (Å²) in [7, 11) is -1.04. The average molecular weight is 537 g/mol. The van der Waals surface area contributed by atoms with E-state index >= 15 is 0 Å². The second kappa shape index (κ2) is 10.5. The minimum atomic E-state index is -1.04. The Kier molecular flexibility index (Phi) is 7.14. The first-order valence-corrected chi connectivity index (χ1v) is 16.2. The van der Waals surface area contributed by atoms with Crippen molar-refractivity contribution in [2.45, 2.75) is 75.5 Å². The highest BCUT2D eigenvalue weighted by atomic mass is 32.2. The zero-order chi connectivity index (χ0) is 25.4. The number of thiazole rings is 1. The van der Waals surface area contributed by atoms with Gasteiger partial charge in [-0.05, 0) is 80.4 Å². The van der Waals surface area contributed by atoms with Gasteiger partial charge in [0.25, 0.3) is 5.91 Å². The molecule has 2 aromatic heterocycles. The van der Waals surface area contributed by atoms with E-state index in [1.807, 2.05) is 12.1 Å². The Morgan fingerprint density at radius 3 is 2.46 bits per heavy atom. The van der Waals surface area contributed by atoms with Crippen LogP contribution in [0, 0.1) is 17.3 Å². The Morgan fingerprint density at radius 2 is 1.76 bits per heavy atom. The number of carbonyl (C=O) groups is 1. The Labute approximate surface area is 225 Å². The van der Waals surface area contributed by atoms with E-state index in [-0.39, 0.29) is 5.91 Å². The van der Waals surface area contributed by atoms with E-state index in [1.54, 1.807) is 30.0 Å². The van der Waals surface area contributed by atoms with Crippen LogP contribution in [0.1, 0.15) is 79.0 Å². The van der Waals surface area contributed by atoms with E-state index < -0.39 is 10.8 Å². The molecule has 3 aromatic rings. The summed E-state index contributed by atoms with van der Waals surface area (Å²) in [5.41, 5.74) is 2.35. The first-order chi connectivity index (χ1) is 18.0. The molecule has 2 aliphatic carbocycles. The zero-order valence-electron chi connectivity index (χ0n) is 21.7. The zero-order valence-corrected chi connectivity index (χ0v) is 23.3. The number of carbonyl (C=O) groups excluding carboxylic acids is 1. The third-order valence-corrected chi connectivity index (χ3v) is 11.0. The van der Waals surface area contributed by atoms with Crippen LogP contribution in [-0.2, 0) is 23.6 Å². The lowest BCUT2D eigenvalue weighted by Crippen LogP contribution is -2.42. The van der Waals surface area contributed by atoms with Crippen molar-refractivity contribution < 1.29 is 9.00 Å². The van der Waals surface area contributed by atoms with Crippen molar-refractivity contribution in [3.63, 3.8) is 0 Å². The number of nitrogens with zero attached hydrogens (tertiary/aromatic N) is 4. The summed E-state index contributed by atoms with van der Waals surface area (Å²) < 4.78 is 12.7. The van der Waals surface area contributed by atoms with Crippen LogP contribution in [0.15, 0.2) is 35.5 Å². The third kappa shape index (κ3) is 5.51. The highest BCUT2D eigenvalue weighted by Gasteiger charge is 2.38. The number of piperidine rings is 1. The summed E-state index contributed by atoms with van der Waals surface area (Å²) in [5, 5.41) is 1.18. The van der Waals surface area contributed by atoms with Gasteiger partial charge in [-0.3, -0.25) is 9.00 Å². The fourth-order valence-corrected chi connectivity index (χ4v) is 8.36. The maximum Gasteiger partial charge on any atom is 0.253 e. The van der Waals surface area contributed by atoms with Crippen LogP contribution < -0.4 is 0 Å². The van der Waals surface area contributed by atoms with Crippen LogP contribution in [-0.4, -0.2) is 49.3 Å². The van der Waals surface area contributed by atoms with E-state index in [0.717, 1.165) is 47.5 Å². The molecular formula is C29H36N4O2S2. The molecule has 0 N–H and O–H groups in total. The van der Waals surface area contributed by atoms with Crippen molar-refractivity contribution in [3.05, 3.63) is 47.0 Å². The first kappa shape index (κ1) is 25.1. The van der Waals surface area contributed by atoms with Crippen molar-refractivity contribution in [1.29, 1.82) is 0 Å². The van der Waals surface area contributed by atoms with E-state index in [2.05, 4.69) is 20.9 Å². The lowest BCUT2D eigenvalue weighted by atomic mass is 9.77. The number of hydrogen-bond acceptors (Lipinski definition) is 6. The molecule has 0 bridgehead atoms. The normalized spacial score (nSPS) is 24.2. The van der Waals surface area contributed by atoms with E-state index in [9.17, 15) is 9.00 Å². The number of likely N-dealkylation sites (tertiary alicyclic amines) is 1. The quantitative estimate of drug-likeness (QED) is 0.397. The van der Waals surface area contributed by atoms with Crippen LogP contribution in [0.4, 0.5) is 0 Å². The topological polar surface area (TPSA) is 76.1 Å². The molecule has 1 amide bonds. The SMILES string of the molecule is CS(=O)c1cnc(C[C@H]2CC[C@H](Cc3nc4ccc(C(=O)N5CCC6(CCCC6)CC5)cc4s3)C2)nc1. The van der Waals surface area contributed by atoms with Gasteiger partial charge in [-0.2, -0.15) is 0 Å². The molecule has 1 aromatic carbocycles. The molecule has 0 radical (unpaired) electrons. The number of amides is 1. The minimum absolute atomic E-state index is 0.184. The molecule has 3 fully saturated rings. The molecule has 3 atom stereocenters. The summed E-state index contributed by atoms with van der Waals surface area (Å²) >= 11 is 1.75. The molecule has 1 unspecified atom stereocenters. The van der Waals surface area contributed by atoms with Gasteiger partial charge in [0, 0.05) is 50.1 Å². The van der Waals surface area contributed by atoms with Crippen LogP contribution in [0.3, 0.4) is 0 Å². The molecule has 1 saturated heterocycles. The average Bonchev–Trinajstić information content (AvgIpc) is 3.64. The van der Waals surface area contributed by atoms with Crippen molar-refractivity contribution in [1.82, 2.24) is 19.9 Å². The standard InChI is InChI=1S/C29H36N4O2S2/c1-37(35)23-18-30-26(31-19-23)15-20-4-5-21(14-20)16-27-32-24-7-6-22(17-25(24)36-27)28(34)33-12-10-29(11-13-33)8-2-3-9-29/h6-7,17-21H,2-5,8-16H2,1H3/t20-,21-,37?/m0/s1. The molecule has 6 nitrogen and oxygen atoms in total. The molecule has 37 heavy (non-hydrogen) atoms. The van der Waals surface area contributed by atoms with Crippen LogP contribution in [0.5, 0.6) is 0 Å². The molecule has 3 aliphatic rings. The highest BCUT2D eigenvalue weighted by molar-refractivity contribution is 7.84. The number of benzene rings is 1. The highest BCUT2D eigenvalue weighted by Crippen LogP contribution is 2.46. The Morgan fingerprint density at radius 1 is 1.05 bits per heavy atom. The second-order valence-electron chi connectivity index (χ2n) is 11.5. The maximum atomic E-state index is 13.3. The number of aromatic nitrogens is 3. The molecule has 1 spiro atoms. The van der Waals surface area contributed by atoms with Crippen molar-refractivity contribution in [2.75, 3.05) is 19.3 Å². The lowest BCUT2D eigenvalue weighted by molar-refractivity contribution is 0.0587. The monoisotopic (exact) mass is 536 g/mol. The largest absolute Gasteiger partial charge is 0.339 e. The summed E-state index contributed by atoms with van der Waals surface area (Å²) in [6, 6.07) is 6.08. The predicted molar refractivity (Wildman–Crippen MR) is 148 cm³/mol. The van der Waals surface area contributed by atoms with E-state index in [0.29, 0.717) is 22.1 Å². The van der Waals surface area contributed by atoms with Gasteiger partial charge in [-0.15, -0.1) is 11.3 Å². The van der Waals surface area contributed by atoms with Crippen molar-refractivity contribution in [3.8, 4) is 0 Å². The molecule has 6 rings (SSSR count). The first-order valence-electron chi connectivity index (χ1n) is 13.8. The summed E-state index contributed by atoms with van der Waals surface area (Å²) in [6.07, 6.45) is 18.3. The van der Waals surface area contributed by atoms with Crippen LogP contribution in [0.2, 0.25) is 0 Å². The molecule has 196 valence electrons. The number of fused-ring (bicyclic) bond motifs is 1. The molecule has 8 heteroatoms. The van der Waals surface area contributed by atoms with Crippen LogP contribution in [0.25, 0.3) is 10.2 Å². The molecular weight excluding hydrogens is 500 g/mol. The van der Waals surface area contributed by atoms with E-state index in [4.69, 9.17) is 4.98 Å². The van der Waals surface area contributed by atoms with Gasteiger partial charge in [0.05, 0.1) is 30.9 Å². The van der Waals surface area contributed by atoms with Crippen molar-refractivity contribution >= 4 is 38.3 Å². The molecule has 2 saturated carbocycles. The summed E-state index contributed by atoms with van der Waals surface area (Å²) in [6.45, 7) is 1.81. The molecule has 1 aliphatic heterocycles. The summed E-state index contributed by atoms with van der Waals surface area (Å²) in [5.74, 6) is 2.26. The van der Waals surface area contributed by atoms with Crippen molar-refractivity contribution in [2.24, 2.45) is 17.3 Å². The van der Waals surface area contributed by atoms with Crippen LogP contribution >= 0.6 is 11.3 Å². The fraction of sp³-hybridized carbons (Fsp3) is 0.586. The Hall–Kier alpha value is -2.19. The van der Waals surface area contributed by atoms with Gasteiger partial charge >= 0.3 is 0 Å². The number of hydrogen-bond donors (Lipinski definition) is 0. The summed E-state index contributed by atoms with van der Waals surface area (Å²) in [4.78, 5) is 29.8. The van der Waals surface area contributed by atoms with Gasteiger partial charge in [0.15, 0.2) is 0 Å². The van der Waals surface area contributed by atoms with Gasteiger partial charge in [-0.25, -0.2) is 15.0 Å². The molecule has 3 heterocycles. The lowest BCUT2D eigenvalue weighted by Gasteiger charge is -2.39. The Balaban J connectivity index is 1.05. The van der Waals surface area contributed by atoms with Gasteiger partial charge < -0.3 is 4.90 Å². The second-order valence-corrected chi connectivity index (χ2v) is 14.0.